The molecule has 1 aliphatic heterocycles. The molecular weight excluding hydrogens is 409 g/mol. The molecule has 0 atom stereocenters. The van der Waals surface area contributed by atoms with E-state index in [0.717, 1.165) is 36.5 Å². The summed E-state index contributed by atoms with van der Waals surface area (Å²) >= 11 is 6.01. The van der Waals surface area contributed by atoms with E-state index in [1.807, 2.05) is 35.0 Å². The zero-order valence-corrected chi connectivity index (χ0v) is 17.5. The van der Waals surface area contributed by atoms with E-state index in [0.29, 0.717) is 16.3 Å². The molecule has 2 aromatic carbocycles. The molecule has 4 rings (SSSR count). The number of hydrogen-bond donors (Lipinski definition) is 0. The van der Waals surface area contributed by atoms with Crippen LogP contribution in [0, 0.1) is 0 Å². The first-order valence-electron chi connectivity index (χ1n) is 9.24. The average Bonchev–Trinajstić information content (AvgIpc) is 3.27. The standard InChI is InChI=1S/C22H20ClN3O2.ClH/c1-15(27)17-4-2-5-19(12-17)24-21(28)14-25-13-20(26-11-3-6-22(25)26)16-7-9-18(23)10-8-16;/h2,4-5,7-10,12-13H,3,6,11,14H2,1H3;1H. The van der Waals surface area contributed by atoms with E-state index < -0.39 is 0 Å². The molecule has 2 heterocycles. The second kappa shape index (κ2) is 8.80. The maximum Gasteiger partial charge on any atom is 0.257 e. The quantitative estimate of drug-likeness (QED) is 0.268. The predicted molar refractivity (Wildman–Crippen MR) is 114 cm³/mol. The van der Waals surface area contributed by atoms with Crippen LogP contribution in [0.15, 0.2) is 59.7 Å². The Labute approximate surface area is 180 Å². The van der Waals surface area contributed by atoms with Crippen LogP contribution in [0.3, 0.4) is 0 Å². The fourth-order valence-electron chi connectivity index (χ4n) is 3.62. The van der Waals surface area contributed by atoms with Gasteiger partial charge in [-0.1, -0.05) is 23.7 Å². The lowest BCUT2D eigenvalue weighted by Gasteiger charge is -2.09. The van der Waals surface area contributed by atoms with Crippen LogP contribution in [-0.4, -0.2) is 16.2 Å². The minimum Gasteiger partial charge on any atom is -0.859 e. The third kappa shape index (κ3) is 4.52. The molecule has 0 saturated carbocycles. The number of carbonyl (C=O) groups excluding carboxylic acids is 1. The minimum absolute atomic E-state index is 0. The molecule has 1 aliphatic rings. The number of hydrogen-bond acceptors (Lipinski definition) is 3. The van der Waals surface area contributed by atoms with Crippen LogP contribution in [0.4, 0.5) is 5.69 Å². The van der Waals surface area contributed by atoms with E-state index in [1.54, 1.807) is 24.3 Å². The summed E-state index contributed by atoms with van der Waals surface area (Å²) in [6.07, 6.45) is 4.00. The van der Waals surface area contributed by atoms with Gasteiger partial charge in [0.05, 0.1) is 18.7 Å². The highest BCUT2D eigenvalue weighted by atomic mass is 35.5. The molecule has 150 valence electrons. The summed E-state index contributed by atoms with van der Waals surface area (Å²) in [5.74, 6) is 0.844. The van der Waals surface area contributed by atoms with Crippen LogP contribution < -0.4 is 9.67 Å². The number of aromatic nitrogens is 2. The smallest absolute Gasteiger partial charge is 0.257 e. The number of carbonyl (C=O) groups is 1. The summed E-state index contributed by atoms with van der Waals surface area (Å²) in [6, 6.07) is 14.6. The number of nitrogens with zero attached hydrogens (tertiary/aromatic N) is 3. The van der Waals surface area contributed by atoms with Gasteiger partial charge in [-0.05, 0) is 49.7 Å². The zero-order chi connectivity index (χ0) is 19.7. The van der Waals surface area contributed by atoms with Gasteiger partial charge in [0.15, 0.2) is 11.5 Å². The van der Waals surface area contributed by atoms with Crippen molar-refractivity contribution in [2.45, 2.75) is 32.9 Å². The van der Waals surface area contributed by atoms with Crippen molar-refractivity contribution in [3.05, 3.63) is 71.1 Å². The van der Waals surface area contributed by atoms with E-state index >= 15 is 0 Å². The number of ketones is 1. The Kier molecular flexibility index (Phi) is 6.40. The van der Waals surface area contributed by atoms with Crippen molar-refractivity contribution >= 4 is 41.4 Å². The lowest BCUT2D eigenvalue weighted by Crippen LogP contribution is -2.43. The van der Waals surface area contributed by atoms with Crippen LogP contribution in [0.1, 0.15) is 29.5 Å². The molecule has 0 bridgehead atoms. The Morgan fingerprint density at radius 3 is 2.72 bits per heavy atom. The Hall–Kier alpha value is -2.63. The average molecular weight is 430 g/mol. The van der Waals surface area contributed by atoms with Crippen LogP contribution in [-0.2, 0) is 19.5 Å². The highest BCUT2D eigenvalue weighted by molar-refractivity contribution is 6.30. The zero-order valence-electron chi connectivity index (χ0n) is 16.0. The second-order valence-electron chi connectivity index (χ2n) is 6.93. The SMILES string of the molecule is CC(=O)c1cccc(N=C([O-])C[n+]2cc(-c3ccc(Cl)cc3)n3c2CCC3)c1.Cl. The third-order valence-electron chi connectivity index (χ3n) is 4.95. The number of Topliss-reactive ketones (excluding diaryl/α,β-unsaturated/α-hetero) is 1. The molecule has 0 radical (unpaired) electrons. The van der Waals surface area contributed by atoms with Crippen LogP contribution in [0.25, 0.3) is 11.3 Å². The molecule has 7 heteroatoms. The van der Waals surface area contributed by atoms with Gasteiger partial charge < -0.3 is 5.11 Å². The fraction of sp³-hybridized carbons (Fsp3) is 0.227. The topological polar surface area (TPSA) is 61.3 Å². The molecule has 0 N–H and O–H groups in total. The summed E-state index contributed by atoms with van der Waals surface area (Å²) in [5.41, 5.74) is 3.21. The molecule has 29 heavy (non-hydrogen) atoms. The third-order valence-corrected chi connectivity index (χ3v) is 5.20. The molecule has 3 aromatic rings. The van der Waals surface area contributed by atoms with Gasteiger partial charge in [0.25, 0.3) is 5.82 Å². The first-order valence-corrected chi connectivity index (χ1v) is 9.62. The molecule has 0 spiro atoms. The van der Waals surface area contributed by atoms with E-state index in [-0.39, 0.29) is 30.6 Å². The van der Waals surface area contributed by atoms with Gasteiger partial charge in [0.2, 0.25) is 0 Å². The molecule has 1 aromatic heterocycles. The van der Waals surface area contributed by atoms with Gasteiger partial charge in [-0.25, -0.2) is 9.13 Å². The van der Waals surface area contributed by atoms with Crippen LogP contribution in [0.5, 0.6) is 0 Å². The van der Waals surface area contributed by atoms with Crippen molar-refractivity contribution in [2.75, 3.05) is 0 Å². The molecule has 0 fully saturated rings. The van der Waals surface area contributed by atoms with Gasteiger partial charge in [0, 0.05) is 22.0 Å². The van der Waals surface area contributed by atoms with Crippen molar-refractivity contribution in [3.8, 4) is 11.3 Å². The summed E-state index contributed by atoms with van der Waals surface area (Å²) in [4.78, 5) is 15.7. The van der Waals surface area contributed by atoms with Crippen molar-refractivity contribution < 1.29 is 14.5 Å². The van der Waals surface area contributed by atoms with Crippen molar-refractivity contribution in [3.63, 3.8) is 0 Å². The number of imidazole rings is 1. The van der Waals surface area contributed by atoms with E-state index in [1.165, 1.54) is 6.92 Å². The van der Waals surface area contributed by atoms with Gasteiger partial charge >= 0.3 is 0 Å². The van der Waals surface area contributed by atoms with E-state index in [9.17, 15) is 9.90 Å². The molecule has 0 unspecified atom stereocenters. The first-order chi connectivity index (χ1) is 13.5. The van der Waals surface area contributed by atoms with Crippen molar-refractivity contribution in [2.24, 2.45) is 4.99 Å². The fourth-order valence-corrected chi connectivity index (χ4v) is 3.74. The van der Waals surface area contributed by atoms with Crippen LogP contribution in [0.2, 0.25) is 5.02 Å². The lowest BCUT2D eigenvalue weighted by molar-refractivity contribution is -0.693. The van der Waals surface area contributed by atoms with Gasteiger partial charge in [0.1, 0.15) is 12.7 Å². The normalized spacial score (nSPS) is 13.1. The van der Waals surface area contributed by atoms with Gasteiger partial charge in [-0.2, -0.15) is 0 Å². The second-order valence-corrected chi connectivity index (χ2v) is 7.37. The molecule has 0 amide bonds. The summed E-state index contributed by atoms with van der Waals surface area (Å²) in [5, 5.41) is 13.3. The number of rotatable bonds is 5. The lowest BCUT2D eigenvalue weighted by atomic mass is 10.1. The highest BCUT2D eigenvalue weighted by Gasteiger charge is 2.28. The largest absolute Gasteiger partial charge is 0.859 e. The van der Waals surface area contributed by atoms with Crippen molar-refractivity contribution in [1.29, 1.82) is 0 Å². The molecular formula is C22H21Cl2N3O2. The molecule has 0 saturated heterocycles. The number of benzene rings is 2. The van der Waals surface area contributed by atoms with Gasteiger partial charge in [-0.3, -0.25) is 9.79 Å². The van der Waals surface area contributed by atoms with E-state index in [4.69, 9.17) is 11.6 Å². The Morgan fingerprint density at radius 2 is 2.00 bits per heavy atom. The maximum atomic E-state index is 12.6. The number of halogens is 2. The summed E-state index contributed by atoms with van der Waals surface area (Å²) < 4.78 is 4.24. The van der Waals surface area contributed by atoms with Crippen LogP contribution >= 0.6 is 24.0 Å². The molecule has 0 aliphatic carbocycles. The first kappa shape index (κ1) is 21.1. The minimum atomic E-state index is -0.242. The number of aliphatic imine (C=N–C) groups is 1. The Bertz CT molecular complexity index is 1070. The summed E-state index contributed by atoms with van der Waals surface area (Å²) in [7, 11) is 0. The Morgan fingerprint density at radius 1 is 1.24 bits per heavy atom. The highest BCUT2D eigenvalue weighted by Crippen LogP contribution is 2.26. The maximum absolute atomic E-state index is 12.6. The molecule has 5 nitrogen and oxygen atoms in total. The number of fused-ring (bicyclic) bond motifs is 1. The van der Waals surface area contributed by atoms with Crippen molar-refractivity contribution in [1.82, 2.24) is 4.57 Å². The monoisotopic (exact) mass is 429 g/mol. The predicted octanol–water partition coefficient (Wildman–Crippen LogP) is 3.76. The van der Waals surface area contributed by atoms with E-state index in [2.05, 4.69) is 9.56 Å². The van der Waals surface area contributed by atoms with Gasteiger partial charge in [-0.15, -0.1) is 12.4 Å². The Balaban J connectivity index is 0.00000240. The summed E-state index contributed by atoms with van der Waals surface area (Å²) in [6.45, 7) is 2.61.